The Balaban J connectivity index is 3.46. The summed E-state index contributed by atoms with van der Waals surface area (Å²) in [7, 11) is -4.53. The first kappa shape index (κ1) is 24.8. The fourth-order valence-electron chi connectivity index (χ4n) is 2.59. The van der Waals surface area contributed by atoms with Gasteiger partial charge in [-0.25, -0.2) is 4.57 Å². The molecule has 0 bridgehead atoms. The molecule has 5 N–H and O–H groups in total. The van der Waals surface area contributed by atoms with Crippen LogP contribution in [0.2, 0.25) is 0 Å². The SMILES string of the molecule is CCCCCCCCCCCCC/C=C/[C@H](O)[C@@H](N)COP(=O)(O)O. The van der Waals surface area contributed by atoms with E-state index < -0.39 is 20.0 Å². The smallest absolute Gasteiger partial charge is 0.387 e. The molecule has 0 saturated carbocycles. The van der Waals surface area contributed by atoms with Gasteiger partial charge in [0, 0.05) is 0 Å². The summed E-state index contributed by atoms with van der Waals surface area (Å²) in [4.78, 5) is 17.2. The molecule has 0 heterocycles. The minimum absolute atomic E-state index is 0.381. The topological polar surface area (TPSA) is 113 Å². The summed E-state index contributed by atoms with van der Waals surface area (Å²) < 4.78 is 14.8. The molecule has 0 fully saturated rings. The van der Waals surface area contributed by atoms with Crippen LogP contribution in [-0.2, 0) is 9.09 Å². The fraction of sp³-hybridized carbons (Fsp3) is 0.889. The normalized spacial score (nSPS) is 14.9. The Labute approximate surface area is 153 Å². The van der Waals surface area contributed by atoms with Gasteiger partial charge in [0.15, 0.2) is 0 Å². The number of aliphatic hydroxyl groups excluding tert-OH is 1. The minimum Gasteiger partial charge on any atom is -0.387 e. The standard InChI is InChI=1S/C18H38NO5P/c1-2-3-4-5-6-7-8-9-10-11-12-13-14-15-18(20)17(19)16-24-25(21,22)23/h14-15,17-18,20H,2-13,16,19H2,1H3,(H2,21,22,23)/b15-14+/t17-,18-/m0/s1. The van der Waals surface area contributed by atoms with E-state index in [1.807, 2.05) is 6.08 Å². The highest BCUT2D eigenvalue weighted by molar-refractivity contribution is 7.46. The van der Waals surface area contributed by atoms with Crippen LogP contribution in [0.5, 0.6) is 0 Å². The van der Waals surface area contributed by atoms with Crippen molar-refractivity contribution in [3.63, 3.8) is 0 Å². The van der Waals surface area contributed by atoms with E-state index in [4.69, 9.17) is 15.5 Å². The molecule has 0 saturated heterocycles. The Morgan fingerprint density at radius 3 is 1.92 bits per heavy atom. The molecular formula is C18H38NO5P. The van der Waals surface area contributed by atoms with Crippen LogP contribution in [0.4, 0.5) is 0 Å². The summed E-state index contributed by atoms with van der Waals surface area (Å²) >= 11 is 0. The van der Waals surface area contributed by atoms with Crippen molar-refractivity contribution >= 4 is 7.82 Å². The Morgan fingerprint density at radius 1 is 0.960 bits per heavy atom. The minimum atomic E-state index is -4.53. The van der Waals surface area contributed by atoms with E-state index >= 15 is 0 Å². The van der Waals surface area contributed by atoms with Crippen molar-refractivity contribution in [3.8, 4) is 0 Å². The average molecular weight is 379 g/mol. The van der Waals surface area contributed by atoms with Gasteiger partial charge in [-0.1, -0.05) is 83.3 Å². The lowest BCUT2D eigenvalue weighted by atomic mass is 10.0. The predicted molar refractivity (Wildman–Crippen MR) is 102 cm³/mol. The second-order valence-electron chi connectivity index (χ2n) is 6.69. The van der Waals surface area contributed by atoms with Crippen LogP contribution in [0, 0.1) is 0 Å². The number of phosphoric acid groups is 1. The van der Waals surface area contributed by atoms with Gasteiger partial charge in [0.05, 0.1) is 18.8 Å². The van der Waals surface area contributed by atoms with Crippen molar-refractivity contribution in [2.45, 2.75) is 96.1 Å². The van der Waals surface area contributed by atoms with Gasteiger partial charge in [0.1, 0.15) is 0 Å². The van der Waals surface area contributed by atoms with Gasteiger partial charge in [-0.05, 0) is 12.8 Å². The van der Waals surface area contributed by atoms with Crippen molar-refractivity contribution in [2.24, 2.45) is 5.73 Å². The maximum atomic E-state index is 10.6. The first-order valence-electron chi connectivity index (χ1n) is 9.67. The van der Waals surface area contributed by atoms with Gasteiger partial charge in [0.25, 0.3) is 0 Å². The van der Waals surface area contributed by atoms with Crippen LogP contribution in [0.1, 0.15) is 84.0 Å². The van der Waals surface area contributed by atoms with Crippen LogP contribution < -0.4 is 5.73 Å². The molecule has 0 aromatic heterocycles. The molecule has 25 heavy (non-hydrogen) atoms. The molecule has 6 nitrogen and oxygen atoms in total. The van der Waals surface area contributed by atoms with Crippen LogP contribution >= 0.6 is 7.82 Å². The Hall–Kier alpha value is -0.230. The second kappa shape index (κ2) is 16.0. The third-order valence-corrected chi connectivity index (χ3v) is 4.67. The summed E-state index contributed by atoms with van der Waals surface area (Å²) in [6, 6.07) is -0.846. The molecule has 0 aromatic carbocycles. The monoisotopic (exact) mass is 379 g/mol. The lowest BCUT2D eigenvalue weighted by Crippen LogP contribution is -2.37. The van der Waals surface area contributed by atoms with Crippen LogP contribution in [-0.4, -0.2) is 33.6 Å². The summed E-state index contributed by atoms with van der Waals surface area (Å²) in [6.45, 7) is 1.86. The van der Waals surface area contributed by atoms with Crippen molar-refractivity contribution in [1.29, 1.82) is 0 Å². The average Bonchev–Trinajstić information content (AvgIpc) is 2.56. The number of allylic oxidation sites excluding steroid dienone is 1. The predicted octanol–water partition coefficient (Wildman–Crippen LogP) is 4.04. The van der Waals surface area contributed by atoms with Gasteiger partial charge in [0.2, 0.25) is 0 Å². The number of unbranched alkanes of at least 4 members (excludes halogenated alkanes) is 11. The molecule has 150 valence electrons. The highest BCUT2D eigenvalue weighted by Gasteiger charge is 2.19. The van der Waals surface area contributed by atoms with E-state index in [0.29, 0.717) is 0 Å². The van der Waals surface area contributed by atoms with Crippen LogP contribution in [0.25, 0.3) is 0 Å². The summed E-state index contributed by atoms with van der Waals surface area (Å²) in [5.74, 6) is 0. The number of aliphatic hydroxyl groups is 1. The van der Waals surface area contributed by atoms with E-state index in [1.165, 1.54) is 64.2 Å². The first-order chi connectivity index (χ1) is 11.9. The molecule has 0 aliphatic carbocycles. The van der Waals surface area contributed by atoms with Gasteiger partial charge in [-0.2, -0.15) is 0 Å². The number of phosphoric ester groups is 1. The second-order valence-corrected chi connectivity index (χ2v) is 7.93. The molecular weight excluding hydrogens is 341 g/mol. The highest BCUT2D eigenvalue weighted by Crippen LogP contribution is 2.35. The Morgan fingerprint density at radius 2 is 1.44 bits per heavy atom. The zero-order chi connectivity index (χ0) is 19.0. The molecule has 7 heteroatoms. The van der Waals surface area contributed by atoms with E-state index in [-0.39, 0.29) is 6.61 Å². The van der Waals surface area contributed by atoms with E-state index in [1.54, 1.807) is 6.08 Å². The van der Waals surface area contributed by atoms with Gasteiger partial charge in [-0.15, -0.1) is 0 Å². The molecule has 0 radical (unpaired) electrons. The van der Waals surface area contributed by atoms with Crippen molar-refractivity contribution in [3.05, 3.63) is 12.2 Å². The number of nitrogens with two attached hydrogens (primary N) is 1. The number of hydrogen-bond donors (Lipinski definition) is 4. The lowest BCUT2D eigenvalue weighted by molar-refractivity contribution is 0.129. The third kappa shape index (κ3) is 18.4. The Kier molecular flexibility index (Phi) is 15.8. The van der Waals surface area contributed by atoms with Crippen LogP contribution in [0.15, 0.2) is 12.2 Å². The maximum absolute atomic E-state index is 10.6. The lowest BCUT2D eigenvalue weighted by Gasteiger charge is -2.15. The molecule has 2 atom stereocenters. The molecule has 0 aliphatic heterocycles. The summed E-state index contributed by atoms with van der Waals surface area (Å²) in [5.41, 5.74) is 5.60. The van der Waals surface area contributed by atoms with Gasteiger partial charge < -0.3 is 20.6 Å². The first-order valence-corrected chi connectivity index (χ1v) is 11.2. The zero-order valence-corrected chi connectivity index (χ0v) is 16.6. The van der Waals surface area contributed by atoms with E-state index in [0.717, 1.165) is 12.8 Å². The quantitative estimate of drug-likeness (QED) is 0.172. The zero-order valence-electron chi connectivity index (χ0n) is 15.7. The molecule has 0 amide bonds. The van der Waals surface area contributed by atoms with E-state index in [9.17, 15) is 9.67 Å². The third-order valence-electron chi connectivity index (χ3n) is 4.18. The molecule has 0 aliphatic rings. The van der Waals surface area contributed by atoms with Gasteiger partial charge in [-0.3, -0.25) is 4.52 Å². The number of rotatable bonds is 17. The molecule has 0 aromatic rings. The highest BCUT2D eigenvalue weighted by atomic mass is 31.2. The molecule has 0 rings (SSSR count). The van der Waals surface area contributed by atoms with Crippen molar-refractivity contribution in [2.75, 3.05) is 6.61 Å². The van der Waals surface area contributed by atoms with Crippen LogP contribution in [0.3, 0.4) is 0 Å². The summed E-state index contributed by atoms with van der Waals surface area (Å²) in [5, 5.41) is 9.75. The largest absolute Gasteiger partial charge is 0.469 e. The molecule has 0 unspecified atom stereocenters. The summed E-state index contributed by atoms with van der Waals surface area (Å²) in [6.07, 6.45) is 17.6. The van der Waals surface area contributed by atoms with Gasteiger partial charge >= 0.3 is 7.82 Å². The Bertz CT molecular complexity index is 372. The fourth-order valence-corrected chi connectivity index (χ4v) is 2.95. The number of hydrogen-bond acceptors (Lipinski definition) is 4. The maximum Gasteiger partial charge on any atom is 0.469 e. The van der Waals surface area contributed by atoms with Crippen molar-refractivity contribution in [1.82, 2.24) is 0 Å². The van der Waals surface area contributed by atoms with Crippen molar-refractivity contribution < 1.29 is 24.0 Å². The molecule has 0 spiro atoms. The van der Waals surface area contributed by atoms with E-state index in [2.05, 4.69) is 11.4 Å².